The molecule has 1 nitrogen and oxygen atoms in total. The van der Waals surface area contributed by atoms with E-state index in [9.17, 15) is 0 Å². The Balaban J connectivity index is 2.06. The largest absolute Gasteiger partial charge is 0.493 e. The normalized spacial score (nSPS) is 10.0. The van der Waals surface area contributed by atoms with Gasteiger partial charge in [0.25, 0.3) is 0 Å². The average molecular weight is 286 g/mol. The number of ether oxygens (including phenoxy) is 1. The number of hydrogen-bond acceptors (Lipinski definition) is 1. The molecule has 0 atom stereocenters. The van der Waals surface area contributed by atoms with E-state index in [2.05, 4.69) is 50.8 Å². The lowest BCUT2D eigenvalue weighted by Gasteiger charge is -2.11. The summed E-state index contributed by atoms with van der Waals surface area (Å²) in [6.45, 7) is 7.24. The Morgan fingerprint density at radius 2 is 1.48 bits per heavy atom. The number of benzene rings is 1. The molecule has 0 heterocycles. The number of hydrogen-bond donors (Lipinski definition) is 0. The van der Waals surface area contributed by atoms with Crippen LogP contribution in [-0.4, -0.2) is 6.61 Å². The summed E-state index contributed by atoms with van der Waals surface area (Å²) in [5.74, 6) is 7.61. The third-order valence-electron chi connectivity index (χ3n) is 3.63. The molecule has 0 aromatic heterocycles. The summed E-state index contributed by atoms with van der Waals surface area (Å²) in [6, 6.07) is 6.28. The molecule has 0 saturated heterocycles. The predicted octanol–water partition coefficient (Wildman–Crippen LogP) is 5.83. The van der Waals surface area contributed by atoms with Crippen LogP contribution in [0.3, 0.4) is 0 Å². The Kier molecular flexibility index (Phi) is 9.46. The van der Waals surface area contributed by atoms with Gasteiger partial charge in [-0.1, -0.05) is 44.4 Å². The van der Waals surface area contributed by atoms with Crippen LogP contribution in [0.25, 0.3) is 0 Å². The summed E-state index contributed by atoms with van der Waals surface area (Å²) in [6.07, 6.45) is 9.52. The van der Waals surface area contributed by atoms with Gasteiger partial charge in [0.1, 0.15) is 5.75 Å². The first-order valence-corrected chi connectivity index (χ1v) is 8.40. The first kappa shape index (κ1) is 17.6. The second kappa shape index (κ2) is 11.3. The van der Waals surface area contributed by atoms with E-state index >= 15 is 0 Å². The topological polar surface area (TPSA) is 9.23 Å². The van der Waals surface area contributed by atoms with Crippen LogP contribution in [0.4, 0.5) is 0 Å². The van der Waals surface area contributed by atoms with E-state index in [1.54, 1.807) is 0 Å². The van der Waals surface area contributed by atoms with Crippen molar-refractivity contribution >= 4 is 0 Å². The summed E-state index contributed by atoms with van der Waals surface area (Å²) in [5, 5.41) is 0. The minimum absolute atomic E-state index is 0.796. The standard InChI is InChI=1S/C20H30O/c1-4-5-6-7-8-9-10-11-12-13-17-21-20-18(2)15-14-16-19(20)3/h14-16H,4-8,11-13,17H2,1-3H3. The van der Waals surface area contributed by atoms with Gasteiger partial charge in [0.05, 0.1) is 6.61 Å². The zero-order chi connectivity index (χ0) is 15.3. The summed E-state index contributed by atoms with van der Waals surface area (Å²) >= 11 is 0. The highest BCUT2D eigenvalue weighted by Crippen LogP contribution is 2.22. The van der Waals surface area contributed by atoms with E-state index in [0.717, 1.165) is 38.0 Å². The monoisotopic (exact) mass is 286 g/mol. The van der Waals surface area contributed by atoms with Gasteiger partial charge in [-0.15, -0.1) is 11.8 Å². The van der Waals surface area contributed by atoms with Crippen LogP contribution < -0.4 is 4.74 Å². The Bertz CT molecular complexity index is 430. The molecule has 0 bridgehead atoms. The molecule has 0 N–H and O–H groups in total. The van der Waals surface area contributed by atoms with E-state index in [-0.39, 0.29) is 0 Å². The van der Waals surface area contributed by atoms with E-state index in [4.69, 9.17) is 4.74 Å². The molecule has 116 valence electrons. The summed E-state index contributed by atoms with van der Waals surface area (Å²) in [5.41, 5.74) is 2.45. The van der Waals surface area contributed by atoms with E-state index < -0.39 is 0 Å². The number of para-hydroxylation sites is 1. The zero-order valence-electron chi connectivity index (χ0n) is 14.0. The van der Waals surface area contributed by atoms with Gasteiger partial charge in [-0.05, 0) is 44.2 Å². The highest BCUT2D eigenvalue weighted by molar-refractivity contribution is 5.39. The second-order valence-electron chi connectivity index (χ2n) is 5.69. The maximum atomic E-state index is 5.89. The zero-order valence-corrected chi connectivity index (χ0v) is 14.0. The van der Waals surface area contributed by atoms with Crippen LogP contribution in [0.1, 0.15) is 69.4 Å². The second-order valence-corrected chi connectivity index (χ2v) is 5.69. The van der Waals surface area contributed by atoms with Gasteiger partial charge in [0.2, 0.25) is 0 Å². The van der Waals surface area contributed by atoms with Crippen molar-refractivity contribution in [1.29, 1.82) is 0 Å². The maximum Gasteiger partial charge on any atom is 0.125 e. The first-order chi connectivity index (χ1) is 10.3. The average Bonchev–Trinajstić information content (AvgIpc) is 2.47. The smallest absolute Gasteiger partial charge is 0.125 e. The number of unbranched alkanes of at least 4 members (excludes halogenated alkanes) is 6. The van der Waals surface area contributed by atoms with Crippen molar-refractivity contribution in [2.24, 2.45) is 0 Å². The molecule has 1 heteroatoms. The van der Waals surface area contributed by atoms with Crippen molar-refractivity contribution in [2.75, 3.05) is 6.61 Å². The fraction of sp³-hybridized carbons (Fsp3) is 0.600. The summed E-state index contributed by atoms with van der Waals surface area (Å²) in [7, 11) is 0. The van der Waals surface area contributed by atoms with Gasteiger partial charge in [-0.25, -0.2) is 0 Å². The van der Waals surface area contributed by atoms with E-state index in [1.165, 1.54) is 36.8 Å². The lowest BCUT2D eigenvalue weighted by Crippen LogP contribution is -2.00. The molecule has 1 aromatic carbocycles. The summed E-state index contributed by atoms with van der Waals surface area (Å²) in [4.78, 5) is 0. The van der Waals surface area contributed by atoms with Crippen LogP contribution >= 0.6 is 0 Å². The molecule has 0 aliphatic carbocycles. The van der Waals surface area contributed by atoms with Crippen molar-refractivity contribution < 1.29 is 4.74 Å². The SMILES string of the molecule is CCCCCCC#CCCCCOc1c(C)cccc1C. The predicted molar refractivity (Wildman–Crippen MR) is 91.8 cm³/mol. The highest BCUT2D eigenvalue weighted by atomic mass is 16.5. The highest BCUT2D eigenvalue weighted by Gasteiger charge is 2.02. The van der Waals surface area contributed by atoms with Gasteiger partial charge >= 0.3 is 0 Å². The Labute approximate surface area is 131 Å². The molecule has 0 aliphatic heterocycles. The van der Waals surface area contributed by atoms with Crippen LogP contribution in [0, 0.1) is 25.7 Å². The van der Waals surface area contributed by atoms with Gasteiger partial charge in [-0.2, -0.15) is 0 Å². The minimum Gasteiger partial charge on any atom is -0.493 e. The van der Waals surface area contributed by atoms with Crippen LogP contribution in [0.5, 0.6) is 5.75 Å². The van der Waals surface area contributed by atoms with Crippen molar-refractivity contribution in [3.63, 3.8) is 0 Å². The molecular weight excluding hydrogens is 256 g/mol. The quantitative estimate of drug-likeness (QED) is 0.410. The van der Waals surface area contributed by atoms with Crippen molar-refractivity contribution in [2.45, 2.75) is 72.1 Å². The Hall–Kier alpha value is -1.42. The molecule has 1 aromatic rings. The third-order valence-corrected chi connectivity index (χ3v) is 3.63. The molecule has 0 fully saturated rings. The number of aryl methyl sites for hydroxylation is 2. The van der Waals surface area contributed by atoms with E-state index in [1.807, 2.05) is 0 Å². The molecule has 0 saturated carbocycles. The van der Waals surface area contributed by atoms with Crippen LogP contribution in [-0.2, 0) is 0 Å². The molecule has 0 spiro atoms. The minimum atomic E-state index is 0.796. The van der Waals surface area contributed by atoms with Gasteiger partial charge in [0.15, 0.2) is 0 Å². The van der Waals surface area contributed by atoms with Gasteiger partial charge < -0.3 is 4.74 Å². The molecule has 1 rings (SSSR count). The molecule has 0 aliphatic rings. The first-order valence-electron chi connectivity index (χ1n) is 8.40. The molecule has 0 unspecified atom stereocenters. The number of rotatable bonds is 9. The van der Waals surface area contributed by atoms with Crippen molar-refractivity contribution in [1.82, 2.24) is 0 Å². The Morgan fingerprint density at radius 3 is 2.10 bits per heavy atom. The van der Waals surface area contributed by atoms with Gasteiger partial charge in [-0.3, -0.25) is 0 Å². The lowest BCUT2D eigenvalue weighted by molar-refractivity contribution is 0.303. The van der Waals surface area contributed by atoms with Crippen molar-refractivity contribution in [3.8, 4) is 17.6 Å². The lowest BCUT2D eigenvalue weighted by atomic mass is 10.1. The third kappa shape index (κ3) is 7.81. The molecule has 0 amide bonds. The molecule has 0 radical (unpaired) electrons. The van der Waals surface area contributed by atoms with Crippen molar-refractivity contribution in [3.05, 3.63) is 29.3 Å². The van der Waals surface area contributed by atoms with Crippen LogP contribution in [0.15, 0.2) is 18.2 Å². The fourth-order valence-electron chi connectivity index (χ4n) is 2.33. The maximum absolute atomic E-state index is 5.89. The van der Waals surface area contributed by atoms with E-state index in [0.29, 0.717) is 0 Å². The van der Waals surface area contributed by atoms with Crippen LogP contribution in [0.2, 0.25) is 0 Å². The molecular formula is C20H30O. The Morgan fingerprint density at radius 1 is 0.857 bits per heavy atom. The summed E-state index contributed by atoms with van der Waals surface area (Å²) < 4.78 is 5.89. The molecule has 21 heavy (non-hydrogen) atoms. The fourth-order valence-corrected chi connectivity index (χ4v) is 2.33. The van der Waals surface area contributed by atoms with Gasteiger partial charge in [0, 0.05) is 12.8 Å².